The van der Waals surface area contributed by atoms with E-state index in [4.69, 9.17) is 18.9 Å². The van der Waals surface area contributed by atoms with Crippen molar-refractivity contribution in [2.75, 3.05) is 0 Å². The molecule has 0 spiro atoms. The zero-order valence-corrected chi connectivity index (χ0v) is 11.3. The van der Waals surface area contributed by atoms with Crippen molar-refractivity contribution in [1.82, 2.24) is 0 Å². The Morgan fingerprint density at radius 1 is 0.737 bits per heavy atom. The molecule has 19 heavy (non-hydrogen) atoms. The molecule has 0 aliphatic heterocycles. The minimum Gasteiger partial charge on any atom is -0.450 e. The molecular formula is C11H16O8. The minimum absolute atomic E-state index is 0.733. The summed E-state index contributed by atoms with van der Waals surface area (Å²) in [7, 11) is 0. The molecule has 0 N–H and O–H groups in total. The van der Waals surface area contributed by atoms with Crippen molar-refractivity contribution in [3.8, 4) is 0 Å². The fraction of sp³-hybridized carbons (Fsp3) is 0.636. The van der Waals surface area contributed by atoms with E-state index in [-0.39, 0.29) is 0 Å². The van der Waals surface area contributed by atoms with Crippen LogP contribution >= 0.6 is 0 Å². The van der Waals surface area contributed by atoms with Crippen molar-refractivity contribution in [3.05, 3.63) is 0 Å². The average Bonchev–Trinajstić information content (AvgIpc) is 2.12. The molecule has 8 heteroatoms. The molecular weight excluding hydrogens is 260 g/mol. The molecule has 108 valence electrons. The fourth-order valence-electron chi connectivity index (χ4n) is 1.23. The van der Waals surface area contributed by atoms with E-state index in [1.165, 1.54) is 6.92 Å². The first-order valence-electron chi connectivity index (χ1n) is 5.35. The van der Waals surface area contributed by atoms with E-state index < -0.39 is 36.0 Å². The SMILES string of the molecule is CC(=O)OC(C)C(OC(C)=O)(OC(C)=O)OC(C)=O. The number of esters is 4. The van der Waals surface area contributed by atoms with Gasteiger partial charge in [-0.1, -0.05) is 0 Å². The van der Waals surface area contributed by atoms with E-state index in [2.05, 4.69) is 0 Å². The normalized spacial score (nSPS) is 12.1. The summed E-state index contributed by atoms with van der Waals surface area (Å²) in [4.78, 5) is 44.1. The van der Waals surface area contributed by atoms with E-state index in [1.807, 2.05) is 0 Å². The molecule has 0 aromatic carbocycles. The van der Waals surface area contributed by atoms with Gasteiger partial charge in [-0.2, -0.15) is 0 Å². The molecule has 0 radical (unpaired) electrons. The molecule has 0 amide bonds. The van der Waals surface area contributed by atoms with Crippen molar-refractivity contribution in [3.63, 3.8) is 0 Å². The van der Waals surface area contributed by atoms with Crippen LogP contribution in [0.15, 0.2) is 0 Å². The van der Waals surface area contributed by atoms with E-state index in [1.54, 1.807) is 0 Å². The molecule has 0 bridgehead atoms. The number of hydrogen-bond acceptors (Lipinski definition) is 8. The van der Waals surface area contributed by atoms with Crippen molar-refractivity contribution in [1.29, 1.82) is 0 Å². The minimum atomic E-state index is -2.44. The molecule has 1 unspecified atom stereocenters. The van der Waals surface area contributed by atoms with Crippen LogP contribution in [0.5, 0.6) is 0 Å². The lowest BCUT2D eigenvalue weighted by Gasteiger charge is -2.33. The average molecular weight is 276 g/mol. The molecule has 8 nitrogen and oxygen atoms in total. The lowest BCUT2D eigenvalue weighted by Crippen LogP contribution is -2.53. The summed E-state index contributed by atoms with van der Waals surface area (Å²) < 4.78 is 18.9. The van der Waals surface area contributed by atoms with Gasteiger partial charge in [0.05, 0.1) is 0 Å². The first-order valence-corrected chi connectivity index (χ1v) is 5.35. The standard InChI is InChI=1S/C11H16O8/c1-6(16-7(2)12)11(17-8(3)13,18-9(4)14)19-10(5)15/h6H,1-5H3. The molecule has 0 aromatic heterocycles. The number of rotatable bonds is 5. The maximum Gasteiger partial charge on any atom is 0.462 e. The topological polar surface area (TPSA) is 105 Å². The number of ether oxygens (including phenoxy) is 4. The second-order valence-electron chi connectivity index (χ2n) is 3.64. The lowest BCUT2D eigenvalue weighted by atomic mass is 10.3. The predicted octanol–water partition coefficient (Wildman–Crippen LogP) is 0.281. The Hall–Kier alpha value is -2.12. The summed E-state index contributed by atoms with van der Waals surface area (Å²) in [6, 6.07) is 0. The van der Waals surface area contributed by atoms with E-state index in [0.29, 0.717) is 0 Å². The molecule has 0 heterocycles. The van der Waals surface area contributed by atoms with E-state index >= 15 is 0 Å². The van der Waals surface area contributed by atoms with E-state index in [0.717, 1.165) is 27.7 Å². The van der Waals surface area contributed by atoms with Crippen molar-refractivity contribution < 1.29 is 38.1 Å². The van der Waals surface area contributed by atoms with Crippen LogP contribution in [0.3, 0.4) is 0 Å². The number of carbonyl (C=O) groups is 4. The Kier molecular flexibility index (Phi) is 5.97. The van der Waals surface area contributed by atoms with Gasteiger partial charge in [0.15, 0.2) is 0 Å². The third-order valence-electron chi connectivity index (χ3n) is 1.70. The van der Waals surface area contributed by atoms with Gasteiger partial charge in [-0.15, -0.1) is 0 Å². The Morgan fingerprint density at radius 3 is 1.26 bits per heavy atom. The maximum atomic E-state index is 11.1. The summed E-state index contributed by atoms with van der Waals surface area (Å²) in [5.74, 6) is -5.83. The van der Waals surface area contributed by atoms with Crippen LogP contribution < -0.4 is 0 Å². The van der Waals surface area contributed by atoms with Crippen LogP contribution in [0.1, 0.15) is 34.6 Å². The van der Waals surface area contributed by atoms with Crippen LogP contribution in [0.4, 0.5) is 0 Å². The number of hydrogen-bond donors (Lipinski definition) is 0. The first-order chi connectivity index (χ1) is 8.59. The molecule has 0 saturated carbocycles. The largest absolute Gasteiger partial charge is 0.462 e. The van der Waals surface area contributed by atoms with Gasteiger partial charge in [0.2, 0.25) is 6.10 Å². The van der Waals surface area contributed by atoms with Gasteiger partial charge < -0.3 is 18.9 Å². The molecule has 0 rings (SSSR count). The zero-order valence-electron chi connectivity index (χ0n) is 11.3. The van der Waals surface area contributed by atoms with Crippen LogP contribution in [0.25, 0.3) is 0 Å². The Balaban J connectivity index is 5.42. The van der Waals surface area contributed by atoms with Gasteiger partial charge in [0.1, 0.15) is 0 Å². The lowest BCUT2D eigenvalue weighted by molar-refractivity contribution is -0.359. The van der Waals surface area contributed by atoms with Crippen LogP contribution in [-0.2, 0) is 38.1 Å². The van der Waals surface area contributed by atoms with Gasteiger partial charge in [0.25, 0.3) is 0 Å². The maximum absolute atomic E-state index is 11.1. The zero-order chi connectivity index (χ0) is 15.2. The quantitative estimate of drug-likeness (QED) is 0.520. The highest BCUT2D eigenvalue weighted by Gasteiger charge is 2.50. The fourth-order valence-corrected chi connectivity index (χ4v) is 1.23. The second kappa shape index (κ2) is 6.72. The highest BCUT2D eigenvalue weighted by atomic mass is 16.9. The monoisotopic (exact) mass is 276 g/mol. The second-order valence-corrected chi connectivity index (χ2v) is 3.64. The van der Waals surface area contributed by atoms with Gasteiger partial charge >= 0.3 is 29.9 Å². The predicted molar refractivity (Wildman–Crippen MR) is 59.3 cm³/mol. The van der Waals surface area contributed by atoms with Gasteiger partial charge in [-0.05, 0) is 6.92 Å². The third-order valence-corrected chi connectivity index (χ3v) is 1.70. The summed E-state index contributed by atoms with van der Waals surface area (Å²) in [5.41, 5.74) is 0. The molecule has 1 atom stereocenters. The van der Waals surface area contributed by atoms with Gasteiger partial charge in [0, 0.05) is 27.7 Å². The summed E-state index contributed by atoms with van der Waals surface area (Å²) in [6.07, 6.45) is -1.33. The van der Waals surface area contributed by atoms with Crippen LogP contribution in [0, 0.1) is 0 Å². The molecule has 0 aromatic rings. The van der Waals surface area contributed by atoms with Crippen LogP contribution in [-0.4, -0.2) is 36.0 Å². The highest BCUT2D eigenvalue weighted by Crippen LogP contribution is 2.24. The first kappa shape index (κ1) is 16.9. The van der Waals surface area contributed by atoms with Crippen molar-refractivity contribution >= 4 is 23.9 Å². The van der Waals surface area contributed by atoms with Crippen molar-refractivity contribution in [2.24, 2.45) is 0 Å². The summed E-state index contributed by atoms with van der Waals surface area (Å²) in [5, 5.41) is 0. The smallest absolute Gasteiger partial charge is 0.450 e. The molecule has 0 saturated heterocycles. The van der Waals surface area contributed by atoms with E-state index in [9.17, 15) is 19.2 Å². The van der Waals surface area contributed by atoms with Crippen LogP contribution in [0.2, 0.25) is 0 Å². The molecule has 0 aliphatic carbocycles. The third kappa shape index (κ3) is 5.84. The number of carbonyl (C=O) groups excluding carboxylic acids is 4. The van der Waals surface area contributed by atoms with Gasteiger partial charge in [-0.3, -0.25) is 19.2 Å². The highest BCUT2D eigenvalue weighted by molar-refractivity contribution is 5.71. The summed E-state index contributed by atoms with van der Waals surface area (Å²) in [6.45, 7) is 5.39. The molecule has 0 fully saturated rings. The Labute approximate surface area is 109 Å². The Morgan fingerprint density at radius 2 is 1.05 bits per heavy atom. The van der Waals surface area contributed by atoms with Gasteiger partial charge in [-0.25, -0.2) is 0 Å². The summed E-state index contributed by atoms with van der Waals surface area (Å²) >= 11 is 0. The molecule has 0 aliphatic rings. The Bertz CT molecular complexity index is 345. The van der Waals surface area contributed by atoms with Crippen molar-refractivity contribution in [2.45, 2.75) is 46.7 Å².